The fraction of sp³-hybridized carbons (Fsp3) is 0.280. The molecule has 0 saturated heterocycles. The third-order valence-corrected chi connectivity index (χ3v) is 4.79. The highest BCUT2D eigenvalue weighted by atomic mass is 16.5. The van der Waals surface area contributed by atoms with E-state index in [9.17, 15) is 9.59 Å². The molecule has 156 valence electrons. The van der Waals surface area contributed by atoms with Crippen LogP contribution in [0, 0.1) is 5.92 Å². The van der Waals surface area contributed by atoms with Crippen LogP contribution in [0.3, 0.4) is 0 Å². The molecule has 5 nitrogen and oxygen atoms in total. The molecule has 0 atom stereocenters. The SMILES string of the molecule is CC(C)CCNC(=O)COc1cc2ccccc2cc1C(=O)NCc1ccccc1. The van der Waals surface area contributed by atoms with Crippen molar-refractivity contribution in [3.8, 4) is 5.75 Å². The van der Waals surface area contributed by atoms with Gasteiger partial charge in [0, 0.05) is 13.1 Å². The van der Waals surface area contributed by atoms with Crippen molar-refractivity contribution in [3.05, 3.63) is 77.9 Å². The Morgan fingerprint density at radius 1 is 0.900 bits per heavy atom. The van der Waals surface area contributed by atoms with Crippen molar-refractivity contribution in [2.45, 2.75) is 26.8 Å². The number of hydrogen-bond acceptors (Lipinski definition) is 3. The maximum Gasteiger partial charge on any atom is 0.257 e. The highest BCUT2D eigenvalue weighted by molar-refractivity contribution is 6.01. The summed E-state index contributed by atoms with van der Waals surface area (Å²) in [6.07, 6.45) is 0.912. The summed E-state index contributed by atoms with van der Waals surface area (Å²) in [5.41, 5.74) is 1.43. The van der Waals surface area contributed by atoms with E-state index in [2.05, 4.69) is 24.5 Å². The van der Waals surface area contributed by atoms with Crippen LogP contribution < -0.4 is 15.4 Å². The van der Waals surface area contributed by atoms with Crippen molar-refractivity contribution in [3.63, 3.8) is 0 Å². The number of nitrogens with one attached hydrogen (secondary N) is 2. The molecule has 2 N–H and O–H groups in total. The molecule has 3 aromatic carbocycles. The molecule has 0 aliphatic carbocycles. The number of carbonyl (C=O) groups excluding carboxylic acids is 2. The van der Waals surface area contributed by atoms with E-state index in [0.717, 1.165) is 22.8 Å². The summed E-state index contributed by atoms with van der Waals surface area (Å²) >= 11 is 0. The summed E-state index contributed by atoms with van der Waals surface area (Å²) in [4.78, 5) is 25.0. The normalized spacial score (nSPS) is 10.8. The second kappa shape index (κ2) is 10.4. The van der Waals surface area contributed by atoms with E-state index in [1.165, 1.54) is 0 Å². The molecule has 0 aromatic heterocycles. The van der Waals surface area contributed by atoms with Crippen molar-refractivity contribution in [1.82, 2.24) is 10.6 Å². The highest BCUT2D eigenvalue weighted by Crippen LogP contribution is 2.26. The van der Waals surface area contributed by atoms with Crippen LogP contribution in [0.2, 0.25) is 0 Å². The number of fused-ring (bicyclic) bond motifs is 1. The van der Waals surface area contributed by atoms with Gasteiger partial charge < -0.3 is 15.4 Å². The smallest absolute Gasteiger partial charge is 0.257 e. The molecular weight excluding hydrogens is 376 g/mol. The van der Waals surface area contributed by atoms with Crippen LogP contribution in [0.15, 0.2) is 66.7 Å². The second-order valence-electron chi connectivity index (χ2n) is 7.68. The Morgan fingerprint density at radius 3 is 2.27 bits per heavy atom. The lowest BCUT2D eigenvalue weighted by atomic mass is 10.1. The Balaban J connectivity index is 1.73. The zero-order valence-corrected chi connectivity index (χ0v) is 17.5. The standard InChI is InChI=1S/C25H28N2O3/c1-18(2)12-13-26-24(28)17-30-23-15-21-11-7-6-10-20(21)14-22(23)25(29)27-16-19-8-4-3-5-9-19/h3-11,14-15,18H,12-13,16-17H2,1-2H3,(H,26,28)(H,27,29). The Hall–Kier alpha value is -3.34. The quantitative estimate of drug-likeness (QED) is 0.558. The minimum atomic E-state index is -0.236. The molecule has 30 heavy (non-hydrogen) atoms. The van der Waals surface area contributed by atoms with E-state index in [1.54, 1.807) is 0 Å². The number of benzene rings is 3. The van der Waals surface area contributed by atoms with Crippen LogP contribution in [0.4, 0.5) is 0 Å². The van der Waals surface area contributed by atoms with Gasteiger partial charge in [0.25, 0.3) is 11.8 Å². The molecule has 0 radical (unpaired) electrons. The monoisotopic (exact) mass is 404 g/mol. The lowest BCUT2D eigenvalue weighted by Gasteiger charge is -2.14. The van der Waals surface area contributed by atoms with Crippen LogP contribution in [0.5, 0.6) is 5.75 Å². The van der Waals surface area contributed by atoms with Gasteiger partial charge in [-0.05, 0) is 40.8 Å². The van der Waals surface area contributed by atoms with Crippen LogP contribution >= 0.6 is 0 Å². The molecule has 3 aromatic rings. The van der Waals surface area contributed by atoms with Crippen molar-refractivity contribution in [1.29, 1.82) is 0 Å². The maximum atomic E-state index is 12.9. The van der Waals surface area contributed by atoms with Crippen molar-refractivity contribution in [2.24, 2.45) is 5.92 Å². The summed E-state index contributed by atoms with van der Waals surface area (Å²) in [5.74, 6) is 0.490. The van der Waals surface area contributed by atoms with Crippen molar-refractivity contribution >= 4 is 22.6 Å². The molecule has 0 spiro atoms. The van der Waals surface area contributed by atoms with Gasteiger partial charge in [0.1, 0.15) is 5.75 Å². The number of carbonyl (C=O) groups is 2. The summed E-state index contributed by atoms with van der Waals surface area (Å²) in [7, 11) is 0. The van der Waals surface area contributed by atoms with E-state index in [4.69, 9.17) is 4.74 Å². The predicted octanol–water partition coefficient (Wildman–Crippen LogP) is 4.31. The molecule has 0 unspecified atom stereocenters. The lowest BCUT2D eigenvalue weighted by Crippen LogP contribution is -2.31. The summed E-state index contributed by atoms with van der Waals surface area (Å²) in [6, 6.07) is 21.1. The van der Waals surface area contributed by atoms with Crippen molar-refractivity contribution < 1.29 is 14.3 Å². The van der Waals surface area contributed by atoms with E-state index in [0.29, 0.717) is 30.3 Å². The first kappa shape index (κ1) is 21.4. The number of hydrogen-bond donors (Lipinski definition) is 2. The van der Waals surface area contributed by atoms with E-state index in [-0.39, 0.29) is 18.4 Å². The highest BCUT2D eigenvalue weighted by Gasteiger charge is 2.15. The third-order valence-electron chi connectivity index (χ3n) is 4.79. The molecule has 0 aliphatic rings. The fourth-order valence-electron chi connectivity index (χ4n) is 3.08. The average Bonchev–Trinajstić information content (AvgIpc) is 2.76. The van der Waals surface area contributed by atoms with Gasteiger partial charge >= 0.3 is 0 Å². The molecule has 0 aliphatic heterocycles. The Bertz CT molecular complexity index is 1000. The second-order valence-corrected chi connectivity index (χ2v) is 7.68. The van der Waals surface area contributed by atoms with Gasteiger partial charge in [-0.25, -0.2) is 0 Å². The Morgan fingerprint density at radius 2 is 1.57 bits per heavy atom. The van der Waals surface area contributed by atoms with Crippen molar-refractivity contribution in [2.75, 3.05) is 13.2 Å². The first-order valence-electron chi connectivity index (χ1n) is 10.3. The van der Waals surface area contributed by atoms with Gasteiger partial charge in [0.15, 0.2) is 6.61 Å². The molecule has 0 heterocycles. The molecule has 3 rings (SSSR count). The van der Waals surface area contributed by atoms with Crippen LogP contribution in [-0.2, 0) is 11.3 Å². The van der Waals surface area contributed by atoms with E-state index in [1.807, 2.05) is 66.7 Å². The minimum Gasteiger partial charge on any atom is -0.483 e. The predicted molar refractivity (Wildman–Crippen MR) is 120 cm³/mol. The maximum absolute atomic E-state index is 12.9. The number of ether oxygens (including phenoxy) is 1. The number of amides is 2. The molecule has 5 heteroatoms. The van der Waals surface area contributed by atoms with Gasteiger partial charge in [-0.15, -0.1) is 0 Å². The molecule has 0 saturated carbocycles. The third kappa shape index (κ3) is 6.08. The van der Waals surface area contributed by atoms with E-state index < -0.39 is 0 Å². The molecule has 0 fully saturated rings. The van der Waals surface area contributed by atoms with Crippen LogP contribution in [0.1, 0.15) is 36.2 Å². The number of rotatable bonds is 9. The Kier molecular flexibility index (Phi) is 7.44. The largest absolute Gasteiger partial charge is 0.483 e. The fourth-order valence-corrected chi connectivity index (χ4v) is 3.08. The first-order chi connectivity index (χ1) is 14.5. The summed E-state index contributed by atoms with van der Waals surface area (Å²) < 4.78 is 5.76. The zero-order chi connectivity index (χ0) is 21.3. The van der Waals surface area contributed by atoms with Gasteiger partial charge in [0.05, 0.1) is 5.56 Å². The minimum absolute atomic E-state index is 0.130. The Labute approximate surface area is 177 Å². The van der Waals surface area contributed by atoms with Crippen LogP contribution in [-0.4, -0.2) is 25.0 Å². The van der Waals surface area contributed by atoms with Gasteiger partial charge in [-0.1, -0.05) is 68.4 Å². The summed E-state index contributed by atoms with van der Waals surface area (Å²) in [5, 5.41) is 7.68. The molecule has 0 bridgehead atoms. The zero-order valence-electron chi connectivity index (χ0n) is 17.5. The van der Waals surface area contributed by atoms with Crippen LogP contribution in [0.25, 0.3) is 10.8 Å². The first-order valence-corrected chi connectivity index (χ1v) is 10.3. The lowest BCUT2D eigenvalue weighted by molar-refractivity contribution is -0.123. The van der Waals surface area contributed by atoms with Gasteiger partial charge in [-0.3, -0.25) is 9.59 Å². The molecular formula is C25H28N2O3. The summed E-state index contributed by atoms with van der Waals surface area (Å²) in [6.45, 7) is 5.12. The van der Waals surface area contributed by atoms with Gasteiger partial charge in [0.2, 0.25) is 0 Å². The van der Waals surface area contributed by atoms with E-state index >= 15 is 0 Å². The average molecular weight is 405 g/mol. The molecule has 2 amide bonds. The van der Waals surface area contributed by atoms with Gasteiger partial charge in [-0.2, -0.15) is 0 Å². The topological polar surface area (TPSA) is 67.4 Å².